The van der Waals surface area contributed by atoms with Crippen molar-refractivity contribution in [2.75, 3.05) is 20.1 Å². The summed E-state index contributed by atoms with van der Waals surface area (Å²) in [5.41, 5.74) is 0.379. The van der Waals surface area contributed by atoms with Gasteiger partial charge in [0.15, 0.2) is 0 Å². The molecule has 0 saturated carbocycles. The fourth-order valence-electron chi connectivity index (χ4n) is 1.74. The first kappa shape index (κ1) is 14.1. The molecule has 0 radical (unpaired) electrons. The minimum atomic E-state index is -0.398. The van der Waals surface area contributed by atoms with Crippen molar-refractivity contribution >= 4 is 0 Å². The van der Waals surface area contributed by atoms with Gasteiger partial charge in [0.25, 0.3) is 0 Å². The number of hydrogen-bond donors (Lipinski definition) is 2. The Kier molecular flexibility index (Phi) is 6.08. The van der Waals surface area contributed by atoms with Gasteiger partial charge in [0.2, 0.25) is 0 Å². The summed E-state index contributed by atoms with van der Waals surface area (Å²) >= 11 is 0. The van der Waals surface area contributed by atoms with Gasteiger partial charge in [-0.2, -0.15) is 0 Å². The van der Waals surface area contributed by atoms with Crippen LogP contribution in [-0.2, 0) is 6.54 Å². The van der Waals surface area contributed by atoms with Crippen molar-refractivity contribution < 1.29 is 8.78 Å². The van der Waals surface area contributed by atoms with Crippen molar-refractivity contribution in [1.29, 1.82) is 0 Å². The van der Waals surface area contributed by atoms with Gasteiger partial charge in [0.1, 0.15) is 11.6 Å². The van der Waals surface area contributed by atoms with Crippen LogP contribution in [0.5, 0.6) is 0 Å². The first-order chi connectivity index (χ1) is 8.17. The Bertz CT molecular complexity index is 342. The maximum Gasteiger partial charge on any atom is 0.127 e. The second kappa shape index (κ2) is 7.35. The predicted octanol–water partition coefficient (Wildman–Crippen LogP) is 2.30. The Labute approximate surface area is 101 Å². The summed E-state index contributed by atoms with van der Waals surface area (Å²) in [6, 6.07) is 3.54. The van der Waals surface area contributed by atoms with Crippen molar-refractivity contribution in [2.45, 2.75) is 19.9 Å². The largest absolute Gasteiger partial charge is 0.319 e. The van der Waals surface area contributed by atoms with Gasteiger partial charge in [-0.15, -0.1) is 0 Å². The van der Waals surface area contributed by atoms with Crippen LogP contribution < -0.4 is 10.6 Å². The van der Waals surface area contributed by atoms with E-state index in [1.54, 1.807) is 0 Å². The lowest BCUT2D eigenvalue weighted by molar-refractivity contribution is 0.441. The Morgan fingerprint density at radius 3 is 2.65 bits per heavy atom. The average Bonchev–Trinajstić information content (AvgIpc) is 2.32. The van der Waals surface area contributed by atoms with Crippen LogP contribution >= 0.6 is 0 Å². The summed E-state index contributed by atoms with van der Waals surface area (Å²) in [4.78, 5) is 0. The number of halogens is 2. The highest BCUT2D eigenvalue weighted by molar-refractivity contribution is 5.18. The van der Waals surface area contributed by atoms with Crippen LogP contribution in [0.4, 0.5) is 8.78 Å². The minimum absolute atomic E-state index is 0.361. The molecule has 0 fully saturated rings. The summed E-state index contributed by atoms with van der Waals surface area (Å²) in [5, 5.41) is 6.27. The number of nitrogens with one attached hydrogen (secondary N) is 2. The molecule has 17 heavy (non-hydrogen) atoms. The molecule has 0 saturated heterocycles. The van der Waals surface area contributed by atoms with E-state index in [9.17, 15) is 8.78 Å². The zero-order valence-electron chi connectivity index (χ0n) is 10.4. The third kappa shape index (κ3) is 4.79. The Morgan fingerprint density at radius 2 is 2.00 bits per heavy atom. The Hall–Kier alpha value is -1.00. The topological polar surface area (TPSA) is 24.1 Å². The monoisotopic (exact) mass is 242 g/mol. The molecule has 0 aliphatic carbocycles. The molecule has 96 valence electrons. The molecule has 0 aliphatic heterocycles. The average molecular weight is 242 g/mol. The van der Waals surface area contributed by atoms with Crippen LogP contribution in [0.3, 0.4) is 0 Å². The lowest BCUT2D eigenvalue weighted by Gasteiger charge is -2.15. The molecule has 2 N–H and O–H groups in total. The van der Waals surface area contributed by atoms with Crippen molar-refractivity contribution in [3.63, 3.8) is 0 Å². The standard InChI is InChI=1S/C13H20F2N2/c1-3-10(7-16-2)8-17-9-11-6-12(14)4-5-13(11)15/h4-6,10,16-17H,3,7-9H2,1-2H3. The van der Waals surface area contributed by atoms with Gasteiger partial charge in [0, 0.05) is 12.1 Å². The summed E-state index contributed by atoms with van der Waals surface area (Å²) in [6.07, 6.45) is 1.06. The first-order valence-corrected chi connectivity index (χ1v) is 5.96. The number of hydrogen-bond acceptors (Lipinski definition) is 2. The van der Waals surface area contributed by atoms with Gasteiger partial charge < -0.3 is 10.6 Å². The molecule has 0 bridgehead atoms. The van der Waals surface area contributed by atoms with Gasteiger partial charge in [0.05, 0.1) is 0 Å². The highest BCUT2D eigenvalue weighted by Gasteiger charge is 2.06. The number of benzene rings is 1. The highest BCUT2D eigenvalue weighted by atomic mass is 19.1. The van der Waals surface area contributed by atoms with Crippen LogP contribution in [0, 0.1) is 17.6 Å². The molecule has 2 nitrogen and oxygen atoms in total. The van der Waals surface area contributed by atoms with Crippen LogP contribution in [0.1, 0.15) is 18.9 Å². The molecule has 0 amide bonds. The van der Waals surface area contributed by atoms with Crippen LogP contribution in [0.25, 0.3) is 0 Å². The Balaban J connectivity index is 2.42. The smallest absolute Gasteiger partial charge is 0.127 e. The molecule has 0 heterocycles. The van der Waals surface area contributed by atoms with E-state index in [2.05, 4.69) is 17.6 Å². The van der Waals surface area contributed by atoms with Crippen LogP contribution in [0.2, 0.25) is 0 Å². The minimum Gasteiger partial charge on any atom is -0.319 e. The van der Waals surface area contributed by atoms with E-state index in [-0.39, 0.29) is 5.82 Å². The molecular formula is C13H20F2N2. The molecule has 0 aromatic heterocycles. The molecule has 1 aromatic carbocycles. The molecule has 4 heteroatoms. The van der Waals surface area contributed by atoms with Crippen molar-refractivity contribution in [3.05, 3.63) is 35.4 Å². The summed E-state index contributed by atoms with van der Waals surface area (Å²) in [7, 11) is 1.91. The molecule has 1 atom stereocenters. The second-order valence-corrected chi connectivity index (χ2v) is 4.20. The maximum absolute atomic E-state index is 13.3. The molecule has 0 aliphatic rings. The molecule has 1 unspecified atom stereocenters. The van der Waals surface area contributed by atoms with Crippen molar-refractivity contribution in [1.82, 2.24) is 10.6 Å². The van der Waals surface area contributed by atoms with E-state index in [0.29, 0.717) is 18.0 Å². The van der Waals surface area contributed by atoms with E-state index in [0.717, 1.165) is 31.6 Å². The molecule has 1 aromatic rings. The zero-order chi connectivity index (χ0) is 12.7. The lowest BCUT2D eigenvalue weighted by atomic mass is 10.1. The summed E-state index contributed by atoms with van der Waals surface area (Å²) in [6.45, 7) is 4.21. The lowest BCUT2D eigenvalue weighted by Crippen LogP contribution is -2.29. The Morgan fingerprint density at radius 1 is 1.24 bits per heavy atom. The van der Waals surface area contributed by atoms with Crippen LogP contribution in [0.15, 0.2) is 18.2 Å². The SMILES string of the molecule is CCC(CNC)CNCc1cc(F)ccc1F. The van der Waals surface area contributed by atoms with E-state index in [1.807, 2.05) is 7.05 Å². The molecule has 0 spiro atoms. The first-order valence-electron chi connectivity index (χ1n) is 5.96. The summed E-state index contributed by atoms with van der Waals surface area (Å²) < 4.78 is 26.2. The number of rotatable bonds is 7. The van der Waals surface area contributed by atoms with Gasteiger partial charge >= 0.3 is 0 Å². The quantitative estimate of drug-likeness (QED) is 0.766. The van der Waals surface area contributed by atoms with E-state index < -0.39 is 5.82 Å². The predicted molar refractivity (Wildman–Crippen MR) is 65.8 cm³/mol. The van der Waals surface area contributed by atoms with E-state index >= 15 is 0 Å². The normalized spacial score (nSPS) is 12.7. The fraction of sp³-hybridized carbons (Fsp3) is 0.538. The van der Waals surface area contributed by atoms with Crippen molar-refractivity contribution in [3.8, 4) is 0 Å². The summed E-state index contributed by atoms with van der Waals surface area (Å²) in [5.74, 6) is -0.248. The zero-order valence-corrected chi connectivity index (χ0v) is 10.4. The molecule has 1 rings (SSSR count). The van der Waals surface area contributed by atoms with Gasteiger partial charge in [-0.3, -0.25) is 0 Å². The maximum atomic E-state index is 13.3. The highest BCUT2D eigenvalue weighted by Crippen LogP contribution is 2.09. The van der Waals surface area contributed by atoms with E-state index in [1.165, 1.54) is 6.07 Å². The van der Waals surface area contributed by atoms with Gasteiger partial charge in [-0.1, -0.05) is 13.3 Å². The fourth-order valence-corrected chi connectivity index (χ4v) is 1.74. The molecular weight excluding hydrogens is 222 g/mol. The third-order valence-electron chi connectivity index (χ3n) is 2.83. The van der Waals surface area contributed by atoms with Crippen molar-refractivity contribution in [2.24, 2.45) is 5.92 Å². The van der Waals surface area contributed by atoms with Gasteiger partial charge in [-0.25, -0.2) is 8.78 Å². The second-order valence-electron chi connectivity index (χ2n) is 4.20. The van der Waals surface area contributed by atoms with Gasteiger partial charge in [-0.05, 0) is 44.3 Å². The third-order valence-corrected chi connectivity index (χ3v) is 2.83. The van der Waals surface area contributed by atoms with Crippen LogP contribution in [-0.4, -0.2) is 20.1 Å². The van der Waals surface area contributed by atoms with E-state index in [4.69, 9.17) is 0 Å².